The molecule has 1 heterocycles. The van der Waals surface area contributed by atoms with Gasteiger partial charge in [-0.15, -0.1) is 11.3 Å². The standard InChI is InChI=1S/C17H22N4O3S/c1-4-11(2)19-15(22)9-18-16(23)14-10-25-17(21-14)20-12-5-7-13(24-3)8-6-12/h5-8,10-11H,4,9H2,1-3H3,(H,18,23)(H,19,22)(H,20,21). The van der Waals surface area contributed by atoms with Crippen LogP contribution in [-0.4, -0.2) is 36.5 Å². The van der Waals surface area contributed by atoms with E-state index in [4.69, 9.17) is 4.74 Å². The number of aromatic nitrogens is 1. The van der Waals surface area contributed by atoms with Crippen LogP contribution >= 0.6 is 11.3 Å². The number of amides is 2. The van der Waals surface area contributed by atoms with Gasteiger partial charge in [-0.1, -0.05) is 6.92 Å². The summed E-state index contributed by atoms with van der Waals surface area (Å²) in [7, 11) is 1.61. The number of rotatable bonds is 8. The minimum absolute atomic E-state index is 0.0675. The average Bonchev–Trinajstić information content (AvgIpc) is 3.08. The average molecular weight is 362 g/mol. The van der Waals surface area contributed by atoms with E-state index in [2.05, 4.69) is 20.9 Å². The van der Waals surface area contributed by atoms with Crippen molar-refractivity contribution in [3.05, 3.63) is 35.3 Å². The third-order valence-corrected chi connectivity index (χ3v) is 4.27. The van der Waals surface area contributed by atoms with Crippen molar-refractivity contribution < 1.29 is 14.3 Å². The molecule has 0 aliphatic carbocycles. The maximum Gasteiger partial charge on any atom is 0.271 e. The van der Waals surface area contributed by atoms with E-state index in [1.807, 2.05) is 38.1 Å². The number of carbonyl (C=O) groups excluding carboxylic acids is 2. The molecule has 25 heavy (non-hydrogen) atoms. The second-order valence-corrected chi connectivity index (χ2v) is 6.31. The Bertz CT molecular complexity index is 715. The predicted octanol–water partition coefficient (Wildman–Crippen LogP) is 2.54. The number of hydrogen-bond acceptors (Lipinski definition) is 6. The van der Waals surface area contributed by atoms with E-state index in [0.29, 0.717) is 5.13 Å². The van der Waals surface area contributed by atoms with Crippen molar-refractivity contribution >= 4 is 34.0 Å². The van der Waals surface area contributed by atoms with Gasteiger partial charge < -0.3 is 20.7 Å². The maximum atomic E-state index is 12.1. The van der Waals surface area contributed by atoms with Gasteiger partial charge in [-0.05, 0) is 37.6 Å². The van der Waals surface area contributed by atoms with Gasteiger partial charge in [-0.3, -0.25) is 9.59 Å². The number of thiazole rings is 1. The quantitative estimate of drug-likeness (QED) is 0.671. The van der Waals surface area contributed by atoms with Crippen molar-refractivity contribution in [3.63, 3.8) is 0 Å². The Morgan fingerprint density at radius 2 is 2.00 bits per heavy atom. The molecule has 1 aromatic heterocycles. The maximum absolute atomic E-state index is 12.1. The molecular weight excluding hydrogens is 340 g/mol. The molecule has 2 rings (SSSR count). The van der Waals surface area contributed by atoms with E-state index in [1.165, 1.54) is 11.3 Å². The molecule has 7 nitrogen and oxygen atoms in total. The molecule has 0 saturated carbocycles. The largest absolute Gasteiger partial charge is 0.497 e. The van der Waals surface area contributed by atoms with Crippen LogP contribution < -0.4 is 20.7 Å². The number of ether oxygens (including phenoxy) is 1. The molecule has 1 unspecified atom stereocenters. The Morgan fingerprint density at radius 3 is 2.64 bits per heavy atom. The monoisotopic (exact) mass is 362 g/mol. The van der Waals surface area contributed by atoms with Gasteiger partial charge in [0, 0.05) is 17.1 Å². The third kappa shape index (κ3) is 5.75. The zero-order chi connectivity index (χ0) is 18.2. The van der Waals surface area contributed by atoms with Gasteiger partial charge in [0.1, 0.15) is 11.4 Å². The first-order valence-electron chi connectivity index (χ1n) is 7.96. The van der Waals surface area contributed by atoms with Gasteiger partial charge >= 0.3 is 0 Å². The van der Waals surface area contributed by atoms with Gasteiger partial charge in [0.25, 0.3) is 5.91 Å². The van der Waals surface area contributed by atoms with Crippen LogP contribution in [0.15, 0.2) is 29.6 Å². The fourth-order valence-corrected chi connectivity index (χ4v) is 2.62. The number of benzene rings is 1. The first-order chi connectivity index (χ1) is 12.0. The Balaban J connectivity index is 1.87. The van der Waals surface area contributed by atoms with Crippen LogP contribution in [0.4, 0.5) is 10.8 Å². The van der Waals surface area contributed by atoms with E-state index in [-0.39, 0.29) is 30.1 Å². The second kappa shape index (κ2) is 9.03. The van der Waals surface area contributed by atoms with Crippen molar-refractivity contribution in [1.82, 2.24) is 15.6 Å². The summed E-state index contributed by atoms with van der Waals surface area (Å²) >= 11 is 1.32. The lowest BCUT2D eigenvalue weighted by molar-refractivity contribution is -0.120. The lowest BCUT2D eigenvalue weighted by atomic mass is 10.2. The van der Waals surface area contributed by atoms with Crippen LogP contribution in [0.2, 0.25) is 0 Å². The van der Waals surface area contributed by atoms with Crippen molar-refractivity contribution in [2.24, 2.45) is 0 Å². The van der Waals surface area contributed by atoms with Crippen molar-refractivity contribution in [2.45, 2.75) is 26.3 Å². The Hall–Kier alpha value is -2.61. The highest BCUT2D eigenvalue weighted by Gasteiger charge is 2.13. The number of hydrogen-bond donors (Lipinski definition) is 3. The number of methoxy groups -OCH3 is 1. The summed E-state index contributed by atoms with van der Waals surface area (Å²) in [6.07, 6.45) is 0.839. The molecule has 2 aromatic rings. The van der Waals surface area contributed by atoms with Crippen LogP contribution in [-0.2, 0) is 4.79 Å². The Morgan fingerprint density at radius 1 is 1.28 bits per heavy atom. The van der Waals surface area contributed by atoms with Crippen molar-refractivity contribution in [1.29, 1.82) is 0 Å². The molecule has 0 radical (unpaired) electrons. The lowest BCUT2D eigenvalue weighted by Crippen LogP contribution is -2.40. The SMILES string of the molecule is CCC(C)NC(=O)CNC(=O)c1csc(Nc2ccc(OC)cc2)n1. The molecule has 1 atom stereocenters. The van der Waals surface area contributed by atoms with Gasteiger partial charge in [-0.2, -0.15) is 0 Å². The molecule has 2 amide bonds. The first-order valence-corrected chi connectivity index (χ1v) is 8.84. The molecule has 0 spiro atoms. The molecule has 0 saturated heterocycles. The summed E-state index contributed by atoms with van der Waals surface area (Å²) in [6, 6.07) is 7.47. The van der Waals surface area contributed by atoms with E-state index < -0.39 is 0 Å². The fourth-order valence-electron chi connectivity index (χ4n) is 1.91. The summed E-state index contributed by atoms with van der Waals surface area (Å²) in [5.41, 5.74) is 1.12. The highest BCUT2D eigenvalue weighted by atomic mass is 32.1. The highest BCUT2D eigenvalue weighted by molar-refractivity contribution is 7.14. The first kappa shape index (κ1) is 18.7. The summed E-state index contributed by atoms with van der Waals surface area (Å²) in [6.45, 7) is 3.83. The summed E-state index contributed by atoms with van der Waals surface area (Å²) < 4.78 is 5.11. The third-order valence-electron chi connectivity index (χ3n) is 3.51. The zero-order valence-corrected chi connectivity index (χ0v) is 15.3. The number of nitrogens with zero attached hydrogens (tertiary/aromatic N) is 1. The van der Waals surface area contributed by atoms with Crippen molar-refractivity contribution in [2.75, 3.05) is 19.0 Å². The molecule has 0 bridgehead atoms. The minimum Gasteiger partial charge on any atom is -0.497 e. The fraction of sp³-hybridized carbons (Fsp3) is 0.353. The normalized spacial score (nSPS) is 11.5. The Labute approximate surface area is 150 Å². The molecule has 0 fully saturated rings. The smallest absolute Gasteiger partial charge is 0.271 e. The topological polar surface area (TPSA) is 92.4 Å². The van der Waals surface area contributed by atoms with Gasteiger partial charge in [0.05, 0.1) is 13.7 Å². The molecular formula is C17H22N4O3S. The molecule has 0 aliphatic rings. The summed E-state index contributed by atoms with van der Waals surface area (Å²) in [5.74, 6) is 0.174. The van der Waals surface area contributed by atoms with Crippen LogP contribution in [0, 0.1) is 0 Å². The number of anilines is 2. The van der Waals surface area contributed by atoms with Gasteiger partial charge in [0.15, 0.2) is 5.13 Å². The van der Waals surface area contributed by atoms with Gasteiger partial charge in [0.2, 0.25) is 5.91 Å². The molecule has 134 valence electrons. The van der Waals surface area contributed by atoms with Crippen LogP contribution in [0.1, 0.15) is 30.8 Å². The van der Waals surface area contributed by atoms with Crippen LogP contribution in [0.3, 0.4) is 0 Å². The Kier molecular flexibility index (Phi) is 6.76. The van der Waals surface area contributed by atoms with Crippen LogP contribution in [0.5, 0.6) is 5.75 Å². The highest BCUT2D eigenvalue weighted by Crippen LogP contribution is 2.22. The van der Waals surface area contributed by atoms with E-state index in [0.717, 1.165) is 17.9 Å². The zero-order valence-electron chi connectivity index (χ0n) is 14.5. The number of carbonyl (C=O) groups is 2. The van der Waals surface area contributed by atoms with E-state index in [9.17, 15) is 9.59 Å². The molecule has 3 N–H and O–H groups in total. The minimum atomic E-state index is -0.377. The predicted molar refractivity (Wildman–Crippen MR) is 98.6 cm³/mol. The van der Waals surface area contributed by atoms with Crippen molar-refractivity contribution in [3.8, 4) is 5.75 Å². The molecule has 0 aliphatic heterocycles. The second-order valence-electron chi connectivity index (χ2n) is 5.45. The summed E-state index contributed by atoms with van der Waals surface area (Å²) in [4.78, 5) is 28.0. The van der Waals surface area contributed by atoms with E-state index in [1.54, 1.807) is 12.5 Å². The molecule has 8 heteroatoms. The summed E-state index contributed by atoms with van der Waals surface area (Å²) in [5, 5.41) is 10.7. The number of nitrogens with one attached hydrogen (secondary N) is 3. The molecule has 1 aromatic carbocycles. The van der Waals surface area contributed by atoms with E-state index >= 15 is 0 Å². The lowest BCUT2D eigenvalue weighted by Gasteiger charge is -2.11. The van der Waals surface area contributed by atoms with Gasteiger partial charge in [-0.25, -0.2) is 4.98 Å². The van der Waals surface area contributed by atoms with Crippen LogP contribution in [0.25, 0.3) is 0 Å².